The Balaban J connectivity index is 2.65. The minimum absolute atomic E-state index is 0.150. The first-order valence-corrected chi connectivity index (χ1v) is 6.05. The molecule has 0 unspecified atom stereocenters. The summed E-state index contributed by atoms with van der Waals surface area (Å²) in [6.07, 6.45) is 0. The lowest BCUT2D eigenvalue weighted by molar-refractivity contribution is -0.385. The van der Waals surface area contributed by atoms with Crippen LogP contribution >= 0.6 is 0 Å². The van der Waals surface area contributed by atoms with E-state index in [1.54, 1.807) is 0 Å². The number of anilines is 1. The van der Waals surface area contributed by atoms with Gasteiger partial charge in [0.05, 0.1) is 36.5 Å². The van der Waals surface area contributed by atoms with Crippen molar-refractivity contribution < 1.29 is 23.6 Å². The van der Waals surface area contributed by atoms with Crippen molar-refractivity contribution in [3.05, 3.63) is 33.6 Å². The third-order valence-electron chi connectivity index (χ3n) is 2.52. The largest absolute Gasteiger partial charge is 0.396 e. The normalized spacial score (nSPS) is 10.4. The number of nitrogens with two attached hydrogens (primary N) is 1. The number of nitrogens with zero attached hydrogens (tertiary/aromatic N) is 1. The van der Waals surface area contributed by atoms with Crippen LogP contribution in [0.1, 0.15) is 10.4 Å². The predicted molar refractivity (Wildman–Crippen MR) is 72.5 cm³/mol. The molecule has 0 fully saturated rings. The Morgan fingerprint density at radius 3 is 2.76 bits per heavy atom. The summed E-state index contributed by atoms with van der Waals surface area (Å²) in [5.41, 5.74) is 4.05. The summed E-state index contributed by atoms with van der Waals surface area (Å²) in [5.74, 6) is -1.66. The highest BCUT2D eigenvalue weighted by Gasteiger charge is 2.22. The van der Waals surface area contributed by atoms with Gasteiger partial charge in [0.1, 0.15) is 5.56 Å². The van der Waals surface area contributed by atoms with Crippen LogP contribution in [-0.2, 0) is 9.47 Å². The van der Waals surface area contributed by atoms with Crippen molar-refractivity contribution in [3.8, 4) is 0 Å². The number of halogens is 1. The Hall–Kier alpha value is -2.26. The van der Waals surface area contributed by atoms with E-state index in [-0.39, 0.29) is 24.4 Å². The van der Waals surface area contributed by atoms with E-state index in [0.29, 0.717) is 19.3 Å². The number of hydrogen-bond donors (Lipinski definition) is 2. The van der Waals surface area contributed by atoms with Gasteiger partial charge in [-0.15, -0.1) is 0 Å². The highest BCUT2D eigenvalue weighted by molar-refractivity contribution is 5.99. The van der Waals surface area contributed by atoms with E-state index >= 15 is 0 Å². The second-order valence-corrected chi connectivity index (χ2v) is 4.01. The monoisotopic (exact) mass is 301 g/mol. The molecule has 0 aliphatic rings. The Morgan fingerprint density at radius 1 is 1.43 bits per heavy atom. The van der Waals surface area contributed by atoms with Crippen LogP contribution in [0.25, 0.3) is 0 Å². The number of nitro benzene ring substituents is 1. The van der Waals surface area contributed by atoms with Gasteiger partial charge in [0.25, 0.3) is 11.6 Å². The zero-order chi connectivity index (χ0) is 15.8. The third-order valence-corrected chi connectivity index (χ3v) is 2.52. The molecule has 116 valence electrons. The summed E-state index contributed by atoms with van der Waals surface area (Å²) >= 11 is 0. The van der Waals surface area contributed by atoms with Gasteiger partial charge >= 0.3 is 0 Å². The lowest BCUT2D eigenvalue weighted by Gasteiger charge is -2.07. The van der Waals surface area contributed by atoms with Gasteiger partial charge in [-0.2, -0.15) is 0 Å². The Labute approximate surface area is 120 Å². The van der Waals surface area contributed by atoms with E-state index in [9.17, 15) is 19.3 Å². The highest BCUT2D eigenvalue weighted by Crippen LogP contribution is 2.24. The van der Waals surface area contributed by atoms with Gasteiger partial charge < -0.3 is 20.5 Å². The second-order valence-electron chi connectivity index (χ2n) is 4.01. The Morgan fingerprint density at radius 2 is 2.14 bits per heavy atom. The number of benzene rings is 1. The molecular formula is C12H16FN3O5. The predicted octanol–water partition coefficient (Wildman–Crippen LogP) is 0.709. The van der Waals surface area contributed by atoms with Crippen molar-refractivity contribution in [3.63, 3.8) is 0 Å². The molecule has 1 amide bonds. The molecular weight excluding hydrogens is 285 g/mol. The number of methoxy groups -OCH3 is 1. The molecule has 0 atom stereocenters. The lowest BCUT2D eigenvalue weighted by Crippen LogP contribution is -2.28. The number of carbonyl (C=O) groups is 1. The van der Waals surface area contributed by atoms with E-state index < -0.39 is 22.3 Å². The number of ether oxygens (including phenoxy) is 2. The zero-order valence-electron chi connectivity index (χ0n) is 11.4. The number of nitrogens with one attached hydrogen (secondary N) is 1. The van der Waals surface area contributed by atoms with Crippen molar-refractivity contribution in [2.24, 2.45) is 0 Å². The molecule has 0 aliphatic carbocycles. The van der Waals surface area contributed by atoms with Gasteiger partial charge in [0.15, 0.2) is 5.82 Å². The minimum atomic E-state index is -0.943. The van der Waals surface area contributed by atoms with Crippen molar-refractivity contribution in [1.29, 1.82) is 0 Å². The van der Waals surface area contributed by atoms with Crippen LogP contribution in [0.15, 0.2) is 12.1 Å². The molecule has 1 aromatic rings. The van der Waals surface area contributed by atoms with Crippen LogP contribution in [0, 0.1) is 15.9 Å². The molecule has 0 bridgehead atoms. The van der Waals surface area contributed by atoms with Gasteiger partial charge in [-0.25, -0.2) is 4.39 Å². The Bertz CT molecular complexity index is 524. The van der Waals surface area contributed by atoms with Crippen LogP contribution in [-0.4, -0.2) is 44.3 Å². The van der Waals surface area contributed by atoms with E-state index in [1.165, 1.54) is 7.11 Å². The summed E-state index contributed by atoms with van der Waals surface area (Å²) in [6, 6.07) is 1.56. The van der Waals surface area contributed by atoms with Gasteiger partial charge in [0, 0.05) is 13.7 Å². The van der Waals surface area contributed by atoms with Crippen LogP contribution in [0.4, 0.5) is 15.8 Å². The lowest BCUT2D eigenvalue weighted by atomic mass is 10.1. The number of amides is 1. The molecule has 0 spiro atoms. The fourth-order valence-electron chi connectivity index (χ4n) is 1.49. The van der Waals surface area contributed by atoms with Gasteiger partial charge in [-0.1, -0.05) is 0 Å². The fraction of sp³-hybridized carbons (Fsp3) is 0.417. The molecule has 0 aliphatic heterocycles. The maximum atomic E-state index is 13.2. The molecule has 0 heterocycles. The highest BCUT2D eigenvalue weighted by atomic mass is 19.1. The van der Waals surface area contributed by atoms with Crippen LogP contribution in [0.3, 0.4) is 0 Å². The third kappa shape index (κ3) is 4.97. The zero-order valence-corrected chi connectivity index (χ0v) is 11.4. The van der Waals surface area contributed by atoms with Crippen molar-refractivity contribution in [2.45, 2.75) is 0 Å². The van der Waals surface area contributed by atoms with E-state index in [1.807, 2.05) is 0 Å². The Kier molecular flexibility index (Phi) is 6.50. The standard InChI is InChI=1S/C12H16FN3O5/c1-20-4-5-21-3-2-15-12(17)8-6-10(14)9(13)7-11(8)16(18)19/h6-7H,2-5,14H2,1H3,(H,15,17). The van der Waals surface area contributed by atoms with Crippen LogP contribution < -0.4 is 11.1 Å². The summed E-state index contributed by atoms with van der Waals surface area (Å²) < 4.78 is 23.1. The number of carbonyl (C=O) groups excluding carboxylic acids is 1. The van der Waals surface area contributed by atoms with Crippen molar-refractivity contribution in [1.82, 2.24) is 5.32 Å². The van der Waals surface area contributed by atoms with E-state index in [2.05, 4.69) is 5.32 Å². The molecule has 0 radical (unpaired) electrons. The first-order chi connectivity index (χ1) is 9.97. The molecule has 21 heavy (non-hydrogen) atoms. The number of hydrogen-bond acceptors (Lipinski definition) is 6. The average Bonchev–Trinajstić information content (AvgIpc) is 2.44. The quantitative estimate of drug-likeness (QED) is 0.316. The molecule has 0 saturated carbocycles. The van der Waals surface area contributed by atoms with Crippen molar-refractivity contribution >= 4 is 17.3 Å². The summed E-state index contributed by atoms with van der Waals surface area (Å²) in [4.78, 5) is 21.8. The smallest absolute Gasteiger partial charge is 0.285 e. The summed E-state index contributed by atoms with van der Waals surface area (Å²) in [6.45, 7) is 1.17. The fourth-order valence-corrected chi connectivity index (χ4v) is 1.49. The topological polar surface area (TPSA) is 117 Å². The number of rotatable bonds is 8. The van der Waals surface area contributed by atoms with E-state index in [0.717, 1.165) is 6.07 Å². The van der Waals surface area contributed by atoms with Gasteiger partial charge in [0.2, 0.25) is 0 Å². The van der Waals surface area contributed by atoms with Gasteiger partial charge in [-0.3, -0.25) is 14.9 Å². The molecule has 9 heteroatoms. The molecule has 0 saturated heterocycles. The first kappa shape index (κ1) is 16.8. The summed E-state index contributed by atoms with van der Waals surface area (Å²) in [5, 5.41) is 13.2. The molecule has 1 aromatic carbocycles. The average molecular weight is 301 g/mol. The van der Waals surface area contributed by atoms with Gasteiger partial charge in [-0.05, 0) is 6.07 Å². The van der Waals surface area contributed by atoms with Crippen molar-refractivity contribution in [2.75, 3.05) is 39.2 Å². The first-order valence-electron chi connectivity index (χ1n) is 6.05. The molecule has 8 nitrogen and oxygen atoms in total. The minimum Gasteiger partial charge on any atom is -0.396 e. The maximum absolute atomic E-state index is 13.2. The number of nitrogen functional groups attached to an aromatic ring is 1. The molecule has 0 aromatic heterocycles. The molecule has 1 rings (SSSR count). The SMILES string of the molecule is COCCOCCNC(=O)c1cc(N)c(F)cc1[N+](=O)[O-]. The van der Waals surface area contributed by atoms with E-state index in [4.69, 9.17) is 15.2 Å². The second kappa shape index (κ2) is 8.12. The maximum Gasteiger partial charge on any atom is 0.285 e. The molecule has 3 N–H and O–H groups in total. The van der Waals surface area contributed by atoms with Crippen LogP contribution in [0.5, 0.6) is 0 Å². The number of nitro groups is 1. The van der Waals surface area contributed by atoms with Crippen LogP contribution in [0.2, 0.25) is 0 Å². The summed E-state index contributed by atoms with van der Waals surface area (Å²) in [7, 11) is 1.53.